The van der Waals surface area contributed by atoms with Crippen molar-refractivity contribution >= 4 is 27.5 Å². The Balaban J connectivity index is 1.31. The molecule has 2 saturated heterocycles. The van der Waals surface area contributed by atoms with Gasteiger partial charge in [0.2, 0.25) is 0 Å². The maximum Gasteiger partial charge on any atom is 0.292 e. The quantitative estimate of drug-likeness (QED) is 0.0930. The molecule has 4 heterocycles. The molecule has 0 radical (unpaired) electrons. The van der Waals surface area contributed by atoms with Gasteiger partial charge in [-0.05, 0) is 12.1 Å². The van der Waals surface area contributed by atoms with Crippen molar-refractivity contribution < 1.29 is 80.9 Å². The third-order valence-electron chi connectivity index (χ3n) is 6.47. The SMILES string of the molecule is NC(=O)c1ccc[n+](C2O[C@H](COP(=O)([O-])OP(=O)([O-])OC[C@H]3OC([n+]4cccc(C(N)=O)c4)[C@H](O)[C@@H]3O)[C@@H](O)[C@H]2O)c1. The fraction of sp³-hybridized carbons (Fsp3) is 0.455. The molecule has 0 aromatic carbocycles. The van der Waals surface area contributed by atoms with E-state index in [1.54, 1.807) is 0 Å². The van der Waals surface area contributed by atoms with Crippen LogP contribution < -0.4 is 30.4 Å². The maximum absolute atomic E-state index is 12.2. The van der Waals surface area contributed by atoms with E-state index in [2.05, 4.69) is 13.4 Å². The number of aliphatic hydroxyl groups is 4. The summed E-state index contributed by atoms with van der Waals surface area (Å²) < 4.78 is 50.7. The number of amides is 2. The number of nitrogens with two attached hydrogens (primary N) is 2. The van der Waals surface area contributed by atoms with Crippen molar-refractivity contribution in [2.75, 3.05) is 13.2 Å². The molecular formula is C22H28N4O15P2. The summed E-state index contributed by atoms with van der Waals surface area (Å²) in [5, 5.41) is 41.2. The Hall–Kier alpha value is -2.74. The van der Waals surface area contributed by atoms with E-state index < -0.39 is 89.8 Å². The van der Waals surface area contributed by atoms with Gasteiger partial charge in [0, 0.05) is 12.1 Å². The fourth-order valence-corrected chi connectivity index (χ4v) is 6.33. The third-order valence-corrected chi connectivity index (χ3v) is 9.00. The molecule has 10 atom stereocenters. The van der Waals surface area contributed by atoms with Gasteiger partial charge in [0.05, 0.1) is 13.2 Å². The summed E-state index contributed by atoms with van der Waals surface area (Å²) in [6.07, 6.45) is -7.00. The van der Waals surface area contributed by atoms with Crippen molar-refractivity contribution in [3.05, 3.63) is 60.2 Å². The zero-order chi connectivity index (χ0) is 31.7. The molecule has 2 aliphatic rings. The van der Waals surface area contributed by atoms with Crippen LogP contribution in [0, 0.1) is 0 Å². The first-order valence-electron chi connectivity index (χ1n) is 12.4. The smallest absolute Gasteiger partial charge is 0.292 e. The summed E-state index contributed by atoms with van der Waals surface area (Å²) in [4.78, 5) is 47.3. The van der Waals surface area contributed by atoms with Gasteiger partial charge in [0.25, 0.3) is 39.9 Å². The van der Waals surface area contributed by atoms with Gasteiger partial charge >= 0.3 is 0 Å². The number of pyridine rings is 2. The van der Waals surface area contributed by atoms with E-state index >= 15 is 0 Å². The average molecular weight is 650 g/mol. The Morgan fingerprint density at radius 3 is 1.49 bits per heavy atom. The van der Waals surface area contributed by atoms with Gasteiger partial charge in [-0.1, -0.05) is 0 Å². The summed E-state index contributed by atoms with van der Waals surface area (Å²) in [5.41, 5.74) is 10.5. The van der Waals surface area contributed by atoms with Gasteiger partial charge in [-0.2, -0.15) is 9.13 Å². The minimum Gasteiger partial charge on any atom is -0.756 e. The van der Waals surface area contributed by atoms with E-state index in [0.29, 0.717) is 0 Å². The zero-order valence-corrected chi connectivity index (χ0v) is 23.7. The molecule has 2 aromatic rings. The Morgan fingerprint density at radius 1 is 0.767 bits per heavy atom. The summed E-state index contributed by atoms with van der Waals surface area (Å²) in [5.74, 6) is -1.57. The van der Waals surface area contributed by atoms with Gasteiger partial charge in [0.1, 0.15) is 35.5 Å². The minimum absolute atomic E-state index is 0.0488. The summed E-state index contributed by atoms with van der Waals surface area (Å²) in [6.45, 7) is -1.99. The number of rotatable bonds is 12. The lowest BCUT2D eigenvalue weighted by molar-refractivity contribution is -0.766. The number of aliphatic hydroxyl groups excluding tert-OH is 4. The van der Waals surface area contributed by atoms with Gasteiger partial charge in [0.15, 0.2) is 37.0 Å². The van der Waals surface area contributed by atoms with Crippen LogP contribution in [-0.4, -0.2) is 82.1 Å². The number of carbonyl (C=O) groups excluding carboxylic acids is 2. The topological polar surface area (TPSA) is 301 Å². The lowest BCUT2D eigenvalue weighted by Gasteiger charge is -2.31. The molecule has 2 aliphatic heterocycles. The third kappa shape index (κ3) is 7.86. The van der Waals surface area contributed by atoms with E-state index in [1.165, 1.54) is 58.2 Å². The van der Waals surface area contributed by atoms with Crippen LogP contribution in [0.1, 0.15) is 33.2 Å². The normalized spacial score (nSPS) is 31.8. The molecule has 19 nitrogen and oxygen atoms in total. The van der Waals surface area contributed by atoms with Crippen molar-refractivity contribution in [3.63, 3.8) is 0 Å². The van der Waals surface area contributed by atoms with E-state index in [0.717, 1.165) is 0 Å². The highest BCUT2D eigenvalue weighted by Gasteiger charge is 2.50. The van der Waals surface area contributed by atoms with Crippen LogP contribution in [0.5, 0.6) is 0 Å². The molecule has 0 bridgehead atoms. The van der Waals surface area contributed by atoms with Crippen molar-refractivity contribution in [2.45, 2.75) is 49.1 Å². The molecule has 21 heteroatoms. The van der Waals surface area contributed by atoms with Crippen LogP contribution in [0.4, 0.5) is 0 Å². The highest BCUT2D eigenvalue weighted by Crippen LogP contribution is 2.56. The van der Waals surface area contributed by atoms with E-state index in [-0.39, 0.29) is 11.1 Å². The molecule has 2 aromatic heterocycles. The van der Waals surface area contributed by atoms with E-state index in [1.807, 2.05) is 0 Å². The molecule has 4 unspecified atom stereocenters. The van der Waals surface area contributed by atoms with Crippen LogP contribution in [0.3, 0.4) is 0 Å². The summed E-state index contributed by atoms with van der Waals surface area (Å²) in [6, 6.07) is 5.59. The van der Waals surface area contributed by atoms with Gasteiger partial charge in [-0.3, -0.25) is 18.7 Å². The molecule has 8 N–H and O–H groups in total. The summed E-state index contributed by atoms with van der Waals surface area (Å²) in [7, 11) is -11.4. The molecule has 2 amide bonds. The van der Waals surface area contributed by atoms with Crippen molar-refractivity contribution in [2.24, 2.45) is 11.5 Å². The summed E-state index contributed by atoms with van der Waals surface area (Å²) >= 11 is 0. The predicted octanol–water partition coefficient (Wildman–Crippen LogP) is -4.62. The van der Waals surface area contributed by atoms with E-state index in [4.69, 9.17) is 20.9 Å². The first-order chi connectivity index (χ1) is 20.1. The molecule has 4 rings (SSSR count). The largest absolute Gasteiger partial charge is 0.756 e. The highest BCUT2D eigenvalue weighted by molar-refractivity contribution is 7.59. The second kappa shape index (κ2) is 13.1. The van der Waals surface area contributed by atoms with Crippen molar-refractivity contribution in [3.8, 4) is 0 Å². The molecule has 0 aliphatic carbocycles. The van der Waals surface area contributed by atoms with Crippen LogP contribution in [0.25, 0.3) is 0 Å². The zero-order valence-electron chi connectivity index (χ0n) is 21.9. The Labute approximate surface area is 242 Å². The predicted molar refractivity (Wildman–Crippen MR) is 130 cm³/mol. The molecule has 43 heavy (non-hydrogen) atoms. The van der Waals surface area contributed by atoms with Crippen molar-refractivity contribution in [1.29, 1.82) is 0 Å². The first-order valence-corrected chi connectivity index (χ1v) is 15.3. The number of carbonyl (C=O) groups is 2. The highest BCUT2D eigenvalue weighted by atomic mass is 31.3. The number of phosphoric ester groups is 2. The number of hydrogen-bond donors (Lipinski definition) is 6. The average Bonchev–Trinajstić information content (AvgIpc) is 3.40. The number of hydrogen-bond acceptors (Lipinski definition) is 15. The van der Waals surface area contributed by atoms with Gasteiger partial charge < -0.3 is 60.2 Å². The molecule has 236 valence electrons. The van der Waals surface area contributed by atoms with Crippen LogP contribution in [0.15, 0.2) is 49.1 Å². The van der Waals surface area contributed by atoms with Crippen molar-refractivity contribution in [1.82, 2.24) is 0 Å². The Bertz CT molecular complexity index is 1340. The minimum atomic E-state index is -5.68. The van der Waals surface area contributed by atoms with Gasteiger partial charge in [-0.25, -0.2) is 4.31 Å². The van der Waals surface area contributed by atoms with Crippen LogP contribution >= 0.6 is 15.6 Å². The molecular weight excluding hydrogens is 622 g/mol. The Morgan fingerprint density at radius 2 is 1.14 bits per heavy atom. The number of ether oxygens (including phenoxy) is 2. The van der Waals surface area contributed by atoms with E-state index in [9.17, 15) is 48.9 Å². The number of phosphoric acid groups is 2. The van der Waals surface area contributed by atoms with Crippen LogP contribution in [-0.2, 0) is 32.0 Å². The standard InChI is InChI=1S/C22H28N4O15P2/c23-19(31)11-3-1-5-25(7-11)21-17(29)15(27)13(39-21)9-37-42(33,34)41-43(35,36)38-10-14-16(28)18(30)22(40-14)26-6-2-4-12(8-26)20(24)32/h1-8,13-18,21-22,27-30H,9-10H2,(H4-2,23,24,31,32,33,34,35,36)/t13-,14-,15-,16-,17-,18-,21?,22?/m1/s1. The lowest BCUT2D eigenvalue weighted by Crippen LogP contribution is -2.46. The lowest BCUT2D eigenvalue weighted by atomic mass is 10.1. The first kappa shape index (κ1) is 33.2. The number of primary amides is 2. The number of aromatic nitrogens is 2. The van der Waals surface area contributed by atoms with Gasteiger partial charge in [-0.15, -0.1) is 0 Å². The number of nitrogens with zero attached hydrogens (tertiary/aromatic N) is 2. The van der Waals surface area contributed by atoms with Crippen LogP contribution in [0.2, 0.25) is 0 Å². The molecule has 2 fully saturated rings. The second-order valence-corrected chi connectivity index (χ2v) is 12.4. The monoisotopic (exact) mass is 650 g/mol. The maximum atomic E-state index is 12.2. The second-order valence-electron chi connectivity index (χ2n) is 9.47. The molecule has 0 saturated carbocycles. The Kier molecular flexibility index (Phi) is 10.1. The fourth-order valence-electron chi connectivity index (χ4n) is 4.32. The molecule has 0 spiro atoms.